The van der Waals surface area contributed by atoms with Gasteiger partial charge in [0, 0.05) is 37.8 Å². The van der Waals surface area contributed by atoms with E-state index in [9.17, 15) is 9.18 Å². The van der Waals surface area contributed by atoms with E-state index in [2.05, 4.69) is 9.97 Å². The predicted octanol–water partition coefficient (Wildman–Crippen LogP) is 2.90. The fourth-order valence-corrected chi connectivity index (χ4v) is 3.20. The summed E-state index contributed by atoms with van der Waals surface area (Å²) in [5.41, 5.74) is 0.807. The number of hydrogen-bond acceptors (Lipinski definition) is 3. The summed E-state index contributed by atoms with van der Waals surface area (Å²) in [5.74, 6) is 1.17. The number of nitrogens with zero attached hydrogens (tertiary/aromatic N) is 2. The van der Waals surface area contributed by atoms with Crippen molar-refractivity contribution in [3.8, 4) is 5.75 Å². The van der Waals surface area contributed by atoms with Gasteiger partial charge >= 0.3 is 0 Å². The fraction of sp³-hybridized carbons (Fsp3) is 0.444. The Kier molecular flexibility index (Phi) is 5.13. The second-order valence-corrected chi connectivity index (χ2v) is 6.12. The molecule has 1 aliphatic rings. The molecule has 1 atom stereocenters. The van der Waals surface area contributed by atoms with Crippen molar-refractivity contribution >= 4 is 5.91 Å². The Labute approximate surface area is 140 Å². The van der Waals surface area contributed by atoms with Crippen LogP contribution in [0.4, 0.5) is 4.39 Å². The topological polar surface area (TPSA) is 58.2 Å². The minimum absolute atomic E-state index is 0.113. The number of nitrogens with one attached hydrogen (secondary N) is 1. The van der Waals surface area contributed by atoms with Crippen LogP contribution in [-0.4, -0.2) is 41.0 Å². The zero-order valence-electron chi connectivity index (χ0n) is 13.8. The maximum atomic E-state index is 13.7. The number of imidazole rings is 1. The van der Waals surface area contributed by atoms with Crippen molar-refractivity contribution in [1.82, 2.24) is 14.9 Å². The summed E-state index contributed by atoms with van der Waals surface area (Å²) < 4.78 is 18.6. The van der Waals surface area contributed by atoms with Gasteiger partial charge in [0.25, 0.3) is 0 Å². The monoisotopic (exact) mass is 331 g/mol. The summed E-state index contributed by atoms with van der Waals surface area (Å²) in [4.78, 5) is 21.8. The standard InChI is InChI=1S/C18H22FN3O2/c1-24-16-6-4-13(11-15(16)19)5-7-17(23)22-10-2-3-14(12-22)18-20-8-9-21-18/h4,6,8-9,11,14H,2-3,5,7,10,12H2,1H3,(H,20,21). The van der Waals surface area contributed by atoms with E-state index in [1.165, 1.54) is 13.2 Å². The molecular weight excluding hydrogens is 309 g/mol. The molecule has 0 saturated carbocycles. The third kappa shape index (κ3) is 3.75. The van der Waals surface area contributed by atoms with Crippen molar-refractivity contribution in [2.45, 2.75) is 31.6 Å². The molecule has 0 spiro atoms. The van der Waals surface area contributed by atoms with Crippen LogP contribution in [0.15, 0.2) is 30.6 Å². The number of amides is 1. The third-order valence-corrected chi connectivity index (χ3v) is 4.52. The molecule has 1 aromatic carbocycles. The van der Waals surface area contributed by atoms with Gasteiger partial charge in [0.15, 0.2) is 11.6 Å². The maximum Gasteiger partial charge on any atom is 0.222 e. The fourth-order valence-electron chi connectivity index (χ4n) is 3.20. The molecule has 1 fully saturated rings. The third-order valence-electron chi connectivity index (χ3n) is 4.52. The Morgan fingerprint density at radius 3 is 3.08 bits per heavy atom. The van der Waals surface area contributed by atoms with Gasteiger partial charge in [-0.15, -0.1) is 0 Å². The number of carbonyl (C=O) groups is 1. The summed E-state index contributed by atoms with van der Waals surface area (Å²) >= 11 is 0. The van der Waals surface area contributed by atoms with Gasteiger partial charge in [-0.2, -0.15) is 0 Å². The minimum atomic E-state index is -0.390. The minimum Gasteiger partial charge on any atom is -0.494 e. The van der Waals surface area contributed by atoms with Crippen LogP contribution in [0, 0.1) is 5.82 Å². The number of carbonyl (C=O) groups excluding carboxylic acids is 1. The molecule has 1 unspecified atom stereocenters. The number of rotatable bonds is 5. The second-order valence-electron chi connectivity index (χ2n) is 6.12. The average Bonchev–Trinajstić information content (AvgIpc) is 3.14. The lowest BCUT2D eigenvalue weighted by atomic mass is 9.97. The van der Waals surface area contributed by atoms with E-state index in [0.717, 1.165) is 30.8 Å². The van der Waals surface area contributed by atoms with Gasteiger partial charge in [0.05, 0.1) is 7.11 Å². The molecule has 5 nitrogen and oxygen atoms in total. The molecule has 1 saturated heterocycles. The number of methoxy groups -OCH3 is 1. The number of aryl methyl sites for hydroxylation is 1. The average molecular weight is 331 g/mol. The molecule has 1 N–H and O–H groups in total. The molecule has 1 aliphatic heterocycles. The number of benzene rings is 1. The predicted molar refractivity (Wildman–Crippen MR) is 88.4 cm³/mol. The molecule has 24 heavy (non-hydrogen) atoms. The van der Waals surface area contributed by atoms with Crippen molar-refractivity contribution in [2.75, 3.05) is 20.2 Å². The summed E-state index contributed by atoms with van der Waals surface area (Å²) in [7, 11) is 1.44. The van der Waals surface area contributed by atoms with E-state index in [0.29, 0.717) is 19.4 Å². The van der Waals surface area contributed by atoms with E-state index >= 15 is 0 Å². The van der Waals surface area contributed by atoms with E-state index in [-0.39, 0.29) is 17.6 Å². The highest BCUT2D eigenvalue weighted by Gasteiger charge is 2.25. The Morgan fingerprint density at radius 2 is 2.38 bits per heavy atom. The van der Waals surface area contributed by atoms with Crippen molar-refractivity contribution in [2.24, 2.45) is 0 Å². The lowest BCUT2D eigenvalue weighted by Crippen LogP contribution is -2.39. The highest BCUT2D eigenvalue weighted by molar-refractivity contribution is 5.76. The molecule has 128 valence electrons. The highest BCUT2D eigenvalue weighted by atomic mass is 19.1. The van der Waals surface area contributed by atoms with E-state index < -0.39 is 5.82 Å². The summed E-state index contributed by atoms with van der Waals surface area (Å²) in [6.45, 7) is 1.48. The number of halogens is 1. The number of H-pyrrole nitrogens is 1. The SMILES string of the molecule is COc1ccc(CCC(=O)N2CCCC(c3ncc[nH]3)C2)cc1F. The molecule has 6 heteroatoms. The van der Waals surface area contributed by atoms with Crippen molar-refractivity contribution in [3.63, 3.8) is 0 Å². The van der Waals surface area contributed by atoms with Gasteiger partial charge in [-0.05, 0) is 37.0 Å². The molecule has 1 aromatic heterocycles. The van der Waals surface area contributed by atoms with E-state index in [4.69, 9.17) is 4.74 Å². The van der Waals surface area contributed by atoms with Crippen molar-refractivity contribution in [3.05, 3.63) is 47.8 Å². The Bertz CT molecular complexity index is 688. The molecule has 1 amide bonds. The zero-order chi connectivity index (χ0) is 16.9. The van der Waals surface area contributed by atoms with E-state index in [1.807, 2.05) is 11.1 Å². The number of aromatic amines is 1. The van der Waals surface area contributed by atoms with Gasteiger partial charge in [-0.25, -0.2) is 9.37 Å². The molecule has 0 radical (unpaired) electrons. The van der Waals surface area contributed by atoms with E-state index in [1.54, 1.807) is 18.3 Å². The molecular formula is C18H22FN3O2. The summed E-state index contributed by atoms with van der Waals surface area (Å²) in [6.07, 6.45) is 6.50. The first-order valence-electron chi connectivity index (χ1n) is 8.27. The zero-order valence-corrected chi connectivity index (χ0v) is 13.8. The molecule has 0 aliphatic carbocycles. The van der Waals surface area contributed by atoms with Crippen LogP contribution in [0.5, 0.6) is 5.75 Å². The van der Waals surface area contributed by atoms with Crippen LogP contribution < -0.4 is 4.74 Å². The first-order valence-corrected chi connectivity index (χ1v) is 8.27. The van der Waals surface area contributed by atoms with Crippen LogP contribution in [0.3, 0.4) is 0 Å². The van der Waals surface area contributed by atoms with Gasteiger partial charge in [-0.3, -0.25) is 4.79 Å². The molecule has 0 bridgehead atoms. The Balaban J connectivity index is 1.55. The number of hydrogen-bond donors (Lipinski definition) is 1. The Hall–Kier alpha value is -2.37. The molecule has 2 heterocycles. The van der Waals surface area contributed by atoms with Crippen LogP contribution in [0.25, 0.3) is 0 Å². The molecule has 3 rings (SSSR count). The van der Waals surface area contributed by atoms with Gasteiger partial charge in [0.2, 0.25) is 5.91 Å². The quantitative estimate of drug-likeness (QED) is 0.916. The van der Waals surface area contributed by atoms with Gasteiger partial charge in [-0.1, -0.05) is 6.07 Å². The highest BCUT2D eigenvalue weighted by Crippen LogP contribution is 2.25. The van der Waals surface area contributed by atoms with Crippen molar-refractivity contribution in [1.29, 1.82) is 0 Å². The van der Waals surface area contributed by atoms with Crippen LogP contribution in [0.2, 0.25) is 0 Å². The smallest absolute Gasteiger partial charge is 0.222 e. The van der Waals surface area contributed by atoms with Crippen LogP contribution >= 0.6 is 0 Å². The normalized spacial score (nSPS) is 17.8. The molecule has 2 aromatic rings. The Morgan fingerprint density at radius 1 is 1.50 bits per heavy atom. The maximum absolute atomic E-state index is 13.7. The second kappa shape index (κ2) is 7.47. The van der Waals surface area contributed by atoms with Crippen molar-refractivity contribution < 1.29 is 13.9 Å². The largest absolute Gasteiger partial charge is 0.494 e. The summed E-state index contributed by atoms with van der Waals surface area (Å²) in [6, 6.07) is 4.84. The number of piperidine rings is 1. The number of aromatic nitrogens is 2. The lowest BCUT2D eigenvalue weighted by Gasteiger charge is -2.32. The van der Waals surface area contributed by atoms with Gasteiger partial charge in [0.1, 0.15) is 5.82 Å². The number of ether oxygens (including phenoxy) is 1. The van der Waals surface area contributed by atoms with Crippen LogP contribution in [0.1, 0.15) is 36.6 Å². The first-order chi connectivity index (χ1) is 11.7. The van der Waals surface area contributed by atoms with Gasteiger partial charge < -0.3 is 14.6 Å². The summed E-state index contributed by atoms with van der Waals surface area (Å²) in [5, 5.41) is 0. The van der Waals surface area contributed by atoms with Crippen LogP contribution in [-0.2, 0) is 11.2 Å². The first kappa shape index (κ1) is 16.5. The number of likely N-dealkylation sites (tertiary alicyclic amines) is 1. The lowest BCUT2D eigenvalue weighted by molar-refractivity contribution is -0.132.